The van der Waals surface area contributed by atoms with Gasteiger partial charge in [0.15, 0.2) is 11.5 Å². The lowest BCUT2D eigenvalue weighted by molar-refractivity contribution is -0.145. The van der Waals surface area contributed by atoms with Crippen molar-refractivity contribution in [2.45, 2.75) is 6.54 Å². The van der Waals surface area contributed by atoms with E-state index in [1.165, 1.54) is 4.90 Å². The van der Waals surface area contributed by atoms with Gasteiger partial charge in [0.25, 0.3) is 0 Å². The van der Waals surface area contributed by atoms with Crippen molar-refractivity contribution in [3.63, 3.8) is 0 Å². The zero-order valence-corrected chi connectivity index (χ0v) is 12.2. The monoisotopic (exact) mass is 302 g/mol. The van der Waals surface area contributed by atoms with Crippen LogP contribution in [0.25, 0.3) is 0 Å². The molecular weight excluding hydrogens is 284 g/mol. The van der Waals surface area contributed by atoms with Crippen LogP contribution in [0.2, 0.25) is 0 Å². The Hall–Kier alpha value is -2.76. The Balaban J connectivity index is 1.92. The summed E-state index contributed by atoms with van der Waals surface area (Å²) in [5.41, 5.74) is 0.824. The predicted octanol–water partition coefficient (Wildman–Crippen LogP) is 1.23. The average molecular weight is 302 g/mol. The van der Waals surface area contributed by atoms with Crippen LogP contribution < -0.4 is 14.8 Å². The van der Waals surface area contributed by atoms with Crippen molar-refractivity contribution in [2.24, 2.45) is 0 Å². The average Bonchev–Trinajstić information content (AvgIpc) is 2.99. The number of fused-ring (bicyclic) bond motifs is 1. The fraction of sp³-hybridized carbons (Fsp3) is 0.250. The predicted molar refractivity (Wildman–Crippen MR) is 81.4 cm³/mol. The van der Waals surface area contributed by atoms with Crippen LogP contribution in [-0.2, 0) is 16.1 Å². The van der Waals surface area contributed by atoms with E-state index in [1.807, 2.05) is 6.07 Å². The van der Waals surface area contributed by atoms with Crippen LogP contribution in [0.15, 0.2) is 43.5 Å². The molecule has 0 aliphatic carbocycles. The number of nitrogens with one attached hydrogen (secondary N) is 1. The molecule has 1 N–H and O–H groups in total. The molecule has 0 radical (unpaired) electrons. The van der Waals surface area contributed by atoms with Crippen LogP contribution in [0.1, 0.15) is 5.56 Å². The van der Waals surface area contributed by atoms with Crippen molar-refractivity contribution < 1.29 is 19.1 Å². The topological polar surface area (TPSA) is 67.9 Å². The second-order valence-corrected chi connectivity index (χ2v) is 4.66. The second kappa shape index (κ2) is 7.31. The largest absolute Gasteiger partial charge is 0.454 e. The first kappa shape index (κ1) is 15.6. The van der Waals surface area contributed by atoms with E-state index >= 15 is 0 Å². The number of carbonyl (C=O) groups is 2. The highest BCUT2D eigenvalue weighted by Gasteiger charge is 2.20. The molecule has 0 saturated heterocycles. The summed E-state index contributed by atoms with van der Waals surface area (Å²) < 4.78 is 10.5. The number of nitrogens with zero attached hydrogens (tertiary/aromatic N) is 1. The van der Waals surface area contributed by atoms with Crippen LogP contribution >= 0.6 is 0 Å². The molecule has 0 fully saturated rings. The number of carbonyl (C=O) groups excluding carboxylic acids is 2. The lowest BCUT2D eigenvalue weighted by atomic mass is 10.2. The number of hydrogen-bond acceptors (Lipinski definition) is 4. The minimum Gasteiger partial charge on any atom is -0.454 e. The highest BCUT2D eigenvalue weighted by Crippen LogP contribution is 2.32. The third-order valence-electron chi connectivity index (χ3n) is 3.07. The maximum absolute atomic E-state index is 12.0. The van der Waals surface area contributed by atoms with Crippen molar-refractivity contribution in [1.29, 1.82) is 0 Å². The van der Waals surface area contributed by atoms with E-state index < -0.39 is 11.8 Å². The van der Waals surface area contributed by atoms with Gasteiger partial charge in [0.1, 0.15) is 0 Å². The first-order valence-corrected chi connectivity index (χ1v) is 6.83. The van der Waals surface area contributed by atoms with E-state index in [9.17, 15) is 9.59 Å². The van der Waals surface area contributed by atoms with E-state index in [4.69, 9.17) is 9.47 Å². The van der Waals surface area contributed by atoms with Gasteiger partial charge in [0.05, 0.1) is 0 Å². The first-order valence-electron chi connectivity index (χ1n) is 6.83. The van der Waals surface area contributed by atoms with Crippen molar-refractivity contribution in [3.8, 4) is 11.5 Å². The van der Waals surface area contributed by atoms with E-state index in [0.717, 1.165) is 5.56 Å². The van der Waals surface area contributed by atoms with E-state index in [1.54, 1.807) is 24.3 Å². The molecule has 1 aliphatic rings. The molecule has 0 bridgehead atoms. The summed E-state index contributed by atoms with van der Waals surface area (Å²) in [4.78, 5) is 25.3. The van der Waals surface area contributed by atoms with Gasteiger partial charge in [-0.2, -0.15) is 0 Å². The van der Waals surface area contributed by atoms with Crippen molar-refractivity contribution >= 4 is 11.8 Å². The molecule has 6 nitrogen and oxygen atoms in total. The molecule has 116 valence electrons. The van der Waals surface area contributed by atoms with Gasteiger partial charge in [-0.1, -0.05) is 18.2 Å². The number of rotatable bonds is 6. The van der Waals surface area contributed by atoms with Gasteiger partial charge in [0.2, 0.25) is 6.79 Å². The molecule has 6 heteroatoms. The Kier molecular flexibility index (Phi) is 5.19. The molecule has 0 aromatic heterocycles. The summed E-state index contributed by atoms with van der Waals surface area (Å²) in [5, 5.41) is 2.59. The maximum Gasteiger partial charge on any atom is 0.312 e. The highest BCUT2D eigenvalue weighted by molar-refractivity contribution is 6.35. The summed E-state index contributed by atoms with van der Waals surface area (Å²) in [6.07, 6.45) is 3.12. The van der Waals surface area contributed by atoms with Crippen LogP contribution in [-0.4, -0.2) is 36.6 Å². The molecule has 1 aromatic carbocycles. The molecule has 0 atom stereocenters. The van der Waals surface area contributed by atoms with Gasteiger partial charge < -0.3 is 19.7 Å². The standard InChI is InChI=1S/C16H18N2O4/c1-3-7-18(8-4-2)16(20)15(19)17-10-12-5-6-13-14(9-12)22-11-21-13/h3-6,9H,1-2,7-8,10-11H2,(H,17,19). The maximum atomic E-state index is 12.0. The third-order valence-corrected chi connectivity index (χ3v) is 3.07. The summed E-state index contributed by atoms with van der Waals surface area (Å²) in [7, 11) is 0. The molecule has 22 heavy (non-hydrogen) atoms. The Bertz CT molecular complexity index is 588. The third kappa shape index (κ3) is 3.66. The van der Waals surface area contributed by atoms with Crippen LogP contribution in [0.5, 0.6) is 11.5 Å². The molecule has 0 saturated carbocycles. The van der Waals surface area contributed by atoms with Gasteiger partial charge in [-0.15, -0.1) is 13.2 Å². The summed E-state index contributed by atoms with van der Waals surface area (Å²) >= 11 is 0. The molecule has 2 amide bonds. The first-order chi connectivity index (χ1) is 10.7. The van der Waals surface area contributed by atoms with Gasteiger partial charge in [-0.05, 0) is 17.7 Å². The molecule has 2 rings (SSSR count). The van der Waals surface area contributed by atoms with E-state index in [0.29, 0.717) is 24.6 Å². The Labute approximate surface area is 129 Å². The Morgan fingerprint density at radius 2 is 1.86 bits per heavy atom. The Morgan fingerprint density at radius 1 is 1.18 bits per heavy atom. The molecule has 1 aliphatic heterocycles. The lowest BCUT2D eigenvalue weighted by Crippen LogP contribution is -2.42. The number of ether oxygens (including phenoxy) is 2. The number of amides is 2. The van der Waals surface area contributed by atoms with Gasteiger partial charge in [0, 0.05) is 19.6 Å². The lowest BCUT2D eigenvalue weighted by Gasteiger charge is -2.18. The van der Waals surface area contributed by atoms with Crippen molar-refractivity contribution in [3.05, 3.63) is 49.1 Å². The molecular formula is C16H18N2O4. The van der Waals surface area contributed by atoms with Crippen LogP contribution in [0.3, 0.4) is 0 Å². The summed E-state index contributed by atoms with van der Waals surface area (Å²) in [6.45, 7) is 8.15. The minimum atomic E-state index is -0.665. The fourth-order valence-electron chi connectivity index (χ4n) is 2.00. The molecule has 1 heterocycles. The molecule has 1 aromatic rings. The highest BCUT2D eigenvalue weighted by atomic mass is 16.7. The van der Waals surface area contributed by atoms with Crippen molar-refractivity contribution in [2.75, 3.05) is 19.9 Å². The zero-order chi connectivity index (χ0) is 15.9. The second-order valence-electron chi connectivity index (χ2n) is 4.66. The van der Waals surface area contributed by atoms with Crippen LogP contribution in [0, 0.1) is 0 Å². The number of hydrogen-bond donors (Lipinski definition) is 1. The SMILES string of the molecule is C=CCN(CC=C)C(=O)C(=O)NCc1ccc2c(c1)OCO2. The van der Waals surface area contributed by atoms with Gasteiger partial charge in [-0.25, -0.2) is 0 Å². The molecule has 0 unspecified atom stereocenters. The minimum absolute atomic E-state index is 0.196. The smallest absolute Gasteiger partial charge is 0.312 e. The van der Waals surface area contributed by atoms with E-state index in [2.05, 4.69) is 18.5 Å². The quantitative estimate of drug-likeness (QED) is 0.634. The number of benzene rings is 1. The van der Waals surface area contributed by atoms with Crippen molar-refractivity contribution in [1.82, 2.24) is 10.2 Å². The summed E-state index contributed by atoms with van der Waals surface area (Å²) in [6, 6.07) is 5.36. The molecule has 0 spiro atoms. The fourth-order valence-corrected chi connectivity index (χ4v) is 2.00. The summed E-state index contributed by atoms with van der Waals surface area (Å²) in [5.74, 6) is 0.0363. The Morgan fingerprint density at radius 3 is 2.55 bits per heavy atom. The van der Waals surface area contributed by atoms with E-state index in [-0.39, 0.29) is 13.3 Å². The van der Waals surface area contributed by atoms with Crippen LogP contribution in [0.4, 0.5) is 0 Å². The van der Waals surface area contributed by atoms with Gasteiger partial charge in [-0.3, -0.25) is 9.59 Å². The zero-order valence-electron chi connectivity index (χ0n) is 12.2. The van der Waals surface area contributed by atoms with Gasteiger partial charge >= 0.3 is 11.8 Å². The normalized spacial score (nSPS) is 11.6.